The summed E-state index contributed by atoms with van der Waals surface area (Å²) in [5.74, 6) is -0.0573. The van der Waals surface area contributed by atoms with Crippen molar-refractivity contribution in [1.82, 2.24) is 24.4 Å². The van der Waals surface area contributed by atoms with Crippen LogP contribution in [0.5, 0.6) is 5.75 Å². The summed E-state index contributed by atoms with van der Waals surface area (Å²) in [5, 5.41) is 9.74. The number of ether oxygens (including phenoxy) is 1. The molecule has 0 radical (unpaired) electrons. The van der Waals surface area contributed by atoms with Crippen molar-refractivity contribution < 1.29 is 23.1 Å². The number of imidazole rings is 1. The number of benzene rings is 1. The highest BCUT2D eigenvalue weighted by Gasteiger charge is 2.54. The van der Waals surface area contributed by atoms with Crippen LogP contribution in [0, 0.1) is 5.41 Å². The predicted molar refractivity (Wildman–Crippen MR) is 111 cm³/mol. The highest BCUT2D eigenvalue weighted by atomic mass is 19.3. The Kier molecular flexibility index (Phi) is 4.75. The van der Waals surface area contributed by atoms with Crippen molar-refractivity contribution in [2.24, 2.45) is 12.5 Å². The quantitative estimate of drug-likeness (QED) is 0.633. The van der Waals surface area contributed by atoms with Gasteiger partial charge in [-0.25, -0.2) is 9.31 Å². The lowest BCUT2D eigenvalue weighted by Gasteiger charge is -2.58. The molecule has 2 aliphatic rings. The van der Waals surface area contributed by atoms with Gasteiger partial charge in [0.1, 0.15) is 17.0 Å². The number of alkyl halides is 2. The fraction of sp³-hybridized carbons (Fsp3) is 0.381. The van der Waals surface area contributed by atoms with E-state index in [2.05, 4.69) is 20.5 Å². The number of carbonyl (C=O) groups is 2. The van der Waals surface area contributed by atoms with E-state index in [0.717, 1.165) is 18.5 Å². The minimum absolute atomic E-state index is 0.00322. The second-order valence-electron chi connectivity index (χ2n) is 8.51. The van der Waals surface area contributed by atoms with Gasteiger partial charge in [-0.2, -0.15) is 13.9 Å². The Morgan fingerprint density at radius 1 is 1.25 bits per heavy atom. The molecular weight excluding hydrogens is 422 g/mol. The first-order chi connectivity index (χ1) is 15.3. The predicted octanol–water partition coefficient (Wildman–Crippen LogP) is 2.70. The average molecular weight is 444 g/mol. The minimum Gasteiger partial charge on any atom is -0.435 e. The lowest BCUT2D eigenvalue weighted by Crippen LogP contribution is -2.67. The molecule has 0 unspecified atom stereocenters. The van der Waals surface area contributed by atoms with Gasteiger partial charge >= 0.3 is 12.6 Å². The molecule has 168 valence electrons. The number of rotatable bonds is 5. The minimum atomic E-state index is -2.92. The van der Waals surface area contributed by atoms with Gasteiger partial charge in [-0.1, -0.05) is 6.07 Å². The first kappa shape index (κ1) is 20.3. The van der Waals surface area contributed by atoms with E-state index in [-0.39, 0.29) is 23.1 Å². The summed E-state index contributed by atoms with van der Waals surface area (Å²) in [7, 11) is 1.88. The molecule has 1 aromatic carbocycles. The summed E-state index contributed by atoms with van der Waals surface area (Å²) in [4.78, 5) is 26.9. The zero-order valence-corrected chi connectivity index (χ0v) is 17.3. The number of nitrogens with one attached hydrogen (secondary N) is 2. The van der Waals surface area contributed by atoms with Crippen LogP contribution < -0.4 is 15.4 Å². The van der Waals surface area contributed by atoms with Crippen LogP contribution in [0.1, 0.15) is 23.2 Å². The summed E-state index contributed by atoms with van der Waals surface area (Å²) < 4.78 is 32.5. The molecule has 3 amide bonds. The van der Waals surface area contributed by atoms with Gasteiger partial charge < -0.3 is 24.8 Å². The molecule has 1 saturated heterocycles. The number of nitrogens with zero attached hydrogens (tertiary/aromatic N) is 4. The van der Waals surface area contributed by atoms with Crippen molar-refractivity contribution in [1.29, 1.82) is 0 Å². The van der Waals surface area contributed by atoms with Crippen molar-refractivity contribution in [3.63, 3.8) is 0 Å². The molecule has 0 bridgehead atoms. The topological polar surface area (TPSA) is 92.9 Å². The fourth-order valence-electron chi connectivity index (χ4n) is 4.73. The third-order valence-corrected chi connectivity index (χ3v) is 6.12. The van der Waals surface area contributed by atoms with E-state index in [1.54, 1.807) is 23.0 Å². The van der Waals surface area contributed by atoms with Crippen LogP contribution in [0.15, 0.2) is 42.9 Å². The number of carbonyl (C=O) groups excluding carboxylic acids is 2. The van der Waals surface area contributed by atoms with Gasteiger partial charge in [0, 0.05) is 55.7 Å². The molecule has 3 aromatic rings. The van der Waals surface area contributed by atoms with Crippen molar-refractivity contribution >= 4 is 23.3 Å². The van der Waals surface area contributed by atoms with Crippen LogP contribution in [0.4, 0.5) is 19.3 Å². The standard InChI is InChI=1S/C21H22F2N6O3/c1-27-5-6-29-17(27)16(10-24-29)18(30)28-11-21(12-28)8-14(9-21)26-20(31)25-13-3-2-4-15(7-13)32-19(22)23/h2-7,10,14,19H,8-9,11-12H2,1H3,(H2,25,26,31). The Bertz CT molecular complexity index is 1180. The van der Waals surface area contributed by atoms with Crippen LogP contribution in [0.3, 0.4) is 0 Å². The van der Waals surface area contributed by atoms with Gasteiger partial charge in [0.2, 0.25) is 0 Å². The van der Waals surface area contributed by atoms with Crippen LogP contribution in [-0.4, -0.2) is 56.8 Å². The van der Waals surface area contributed by atoms with Crippen molar-refractivity contribution in [3.05, 3.63) is 48.4 Å². The molecule has 1 aliphatic carbocycles. The number of aryl methyl sites for hydroxylation is 1. The number of anilines is 1. The lowest BCUT2D eigenvalue weighted by atomic mass is 9.60. The van der Waals surface area contributed by atoms with Crippen LogP contribution >= 0.6 is 0 Å². The number of hydrogen-bond donors (Lipinski definition) is 2. The first-order valence-electron chi connectivity index (χ1n) is 10.2. The molecule has 5 rings (SSSR count). The van der Waals surface area contributed by atoms with Gasteiger partial charge in [0.05, 0.1) is 6.20 Å². The van der Waals surface area contributed by atoms with Crippen molar-refractivity contribution in [3.8, 4) is 5.75 Å². The number of halogens is 2. The summed E-state index contributed by atoms with van der Waals surface area (Å²) in [6.45, 7) is -1.62. The Labute approximate surface area is 181 Å². The maximum atomic E-state index is 12.9. The monoisotopic (exact) mass is 444 g/mol. The molecule has 9 nitrogen and oxygen atoms in total. The zero-order chi connectivity index (χ0) is 22.5. The molecule has 0 atom stereocenters. The van der Waals surface area contributed by atoms with Gasteiger partial charge in [-0.05, 0) is 25.0 Å². The second kappa shape index (κ2) is 7.50. The third-order valence-electron chi connectivity index (χ3n) is 6.12. The van der Waals surface area contributed by atoms with Crippen LogP contribution in [-0.2, 0) is 7.05 Å². The van der Waals surface area contributed by atoms with E-state index < -0.39 is 12.6 Å². The fourth-order valence-corrected chi connectivity index (χ4v) is 4.73. The van der Waals surface area contributed by atoms with E-state index in [0.29, 0.717) is 24.3 Å². The highest BCUT2D eigenvalue weighted by molar-refractivity contribution is 6.00. The smallest absolute Gasteiger partial charge is 0.387 e. The number of amides is 3. The largest absolute Gasteiger partial charge is 0.435 e. The molecule has 1 spiro atoms. The molecule has 2 N–H and O–H groups in total. The molecule has 3 heterocycles. The van der Waals surface area contributed by atoms with Gasteiger partial charge in [0.25, 0.3) is 5.91 Å². The van der Waals surface area contributed by atoms with Gasteiger partial charge in [0.15, 0.2) is 0 Å². The molecule has 32 heavy (non-hydrogen) atoms. The molecular formula is C21H22F2N6O3. The van der Waals surface area contributed by atoms with Crippen LogP contribution in [0.25, 0.3) is 5.65 Å². The molecule has 1 aliphatic heterocycles. The summed E-state index contributed by atoms with van der Waals surface area (Å²) in [5.41, 5.74) is 1.75. The normalized spacial score (nSPS) is 17.3. The van der Waals surface area contributed by atoms with Crippen LogP contribution in [0.2, 0.25) is 0 Å². The number of hydrogen-bond acceptors (Lipinski definition) is 4. The van der Waals surface area contributed by atoms with E-state index in [1.165, 1.54) is 18.2 Å². The summed E-state index contributed by atoms with van der Waals surface area (Å²) in [6, 6.07) is 5.44. The van der Waals surface area contributed by atoms with E-state index in [4.69, 9.17) is 0 Å². The lowest BCUT2D eigenvalue weighted by molar-refractivity contribution is -0.0582. The molecule has 2 aromatic heterocycles. The van der Waals surface area contributed by atoms with Gasteiger partial charge in [-0.15, -0.1) is 0 Å². The highest BCUT2D eigenvalue weighted by Crippen LogP contribution is 2.48. The first-order valence-corrected chi connectivity index (χ1v) is 10.2. The average Bonchev–Trinajstić information content (AvgIpc) is 3.25. The Morgan fingerprint density at radius 3 is 2.78 bits per heavy atom. The number of urea groups is 1. The Morgan fingerprint density at radius 2 is 2.03 bits per heavy atom. The van der Waals surface area contributed by atoms with Gasteiger partial charge in [-0.3, -0.25) is 4.79 Å². The Hall–Kier alpha value is -3.63. The van der Waals surface area contributed by atoms with E-state index in [1.807, 2.05) is 22.7 Å². The Balaban J connectivity index is 1.10. The maximum absolute atomic E-state index is 12.9. The second-order valence-corrected chi connectivity index (χ2v) is 8.51. The van der Waals surface area contributed by atoms with Crippen molar-refractivity contribution in [2.45, 2.75) is 25.5 Å². The van der Waals surface area contributed by atoms with E-state index in [9.17, 15) is 18.4 Å². The number of likely N-dealkylation sites (tertiary alicyclic amines) is 1. The summed E-state index contributed by atoms with van der Waals surface area (Å²) >= 11 is 0. The molecule has 11 heteroatoms. The SMILES string of the molecule is Cn1ccn2ncc(C(=O)N3CC4(CC(NC(=O)Nc5cccc(OC(F)F)c5)C4)C3)c12. The number of aromatic nitrogens is 3. The maximum Gasteiger partial charge on any atom is 0.387 e. The van der Waals surface area contributed by atoms with E-state index >= 15 is 0 Å². The zero-order valence-electron chi connectivity index (χ0n) is 17.3. The molecule has 1 saturated carbocycles. The summed E-state index contributed by atoms with van der Waals surface area (Å²) in [6.07, 6.45) is 6.82. The van der Waals surface area contributed by atoms with Crippen molar-refractivity contribution in [2.75, 3.05) is 18.4 Å². The molecule has 2 fully saturated rings. The third kappa shape index (κ3) is 3.63. The number of fused-ring (bicyclic) bond motifs is 1.